The van der Waals surface area contributed by atoms with Crippen molar-refractivity contribution in [1.29, 1.82) is 0 Å². The number of nitrogens with one attached hydrogen (secondary N) is 5. The van der Waals surface area contributed by atoms with Gasteiger partial charge in [-0.3, -0.25) is 24.0 Å². The zero-order valence-electron chi connectivity index (χ0n) is 18.4. The highest BCUT2D eigenvalue weighted by atomic mass is 16.4. The van der Waals surface area contributed by atoms with Gasteiger partial charge in [-0.25, -0.2) is 4.79 Å². The van der Waals surface area contributed by atoms with E-state index in [1.54, 1.807) is 13.8 Å². The van der Waals surface area contributed by atoms with Gasteiger partial charge in [0.1, 0.15) is 18.1 Å². The van der Waals surface area contributed by atoms with Crippen molar-refractivity contribution in [2.45, 2.75) is 38.4 Å². The molecule has 5 amide bonds. The Bertz CT molecular complexity index is 716. The van der Waals surface area contributed by atoms with E-state index in [9.17, 15) is 33.9 Å². The highest BCUT2D eigenvalue weighted by molar-refractivity contribution is 5.94. The summed E-state index contributed by atoms with van der Waals surface area (Å²) in [7, 11) is 0. The number of aliphatic hydroxyl groups is 2. The number of carboxylic acids is 1. The molecule has 0 saturated heterocycles. The van der Waals surface area contributed by atoms with Crippen LogP contribution in [0.2, 0.25) is 0 Å². The van der Waals surface area contributed by atoms with Crippen LogP contribution >= 0.6 is 0 Å². The Morgan fingerprint density at radius 3 is 1.76 bits per heavy atom. The summed E-state index contributed by atoms with van der Waals surface area (Å²) < 4.78 is 0. The van der Waals surface area contributed by atoms with E-state index in [-0.39, 0.29) is 12.3 Å². The Labute approximate surface area is 189 Å². The fourth-order valence-corrected chi connectivity index (χ4v) is 2.39. The van der Waals surface area contributed by atoms with Crippen molar-refractivity contribution in [2.75, 3.05) is 32.8 Å². The molecule has 0 aromatic rings. The van der Waals surface area contributed by atoms with E-state index in [2.05, 4.69) is 21.3 Å². The molecule has 0 aliphatic heterocycles. The van der Waals surface area contributed by atoms with Gasteiger partial charge in [0.05, 0.1) is 32.8 Å². The van der Waals surface area contributed by atoms with Crippen LogP contribution in [0.15, 0.2) is 0 Å². The van der Waals surface area contributed by atoms with E-state index in [1.807, 2.05) is 5.32 Å². The molecule has 3 unspecified atom stereocenters. The molecule has 0 fully saturated rings. The van der Waals surface area contributed by atoms with Crippen LogP contribution in [0.25, 0.3) is 0 Å². The Morgan fingerprint density at radius 1 is 0.727 bits per heavy atom. The molecule has 0 aromatic carbocycles. The van der Waals surface area contributed by atoms with Crippen molar-refractivity contribution >= 4 is 35.5 Å². The summed E-state index contributed by atoms with van der Waals surface area (Å²) in [6.07, 6.45) is 0.183. The smallest absolute Gasteiger partial charge is 0.328 e. The van der Waals surface area contributed by atoms with E-state index >= 15 is 0 Å². The van der Waals surface area contributed by atoms with Crippen LogP contribution in [0.4, 0.5) is 0 Å². The quantitative estimate of drug-likeness (QED) is 0.109. The number of carboxylic acid groups (broad SMARTS) is 1. The van der Waals surface area contributed by atoms with Crippen molar-refractivity contribution < 1.29 is 44.1 Å². The lowest BCUT2D eigenvalue weighted by atomic mass is 10.0. The lowest BCUT2D eigenvalue weighted by Crippen LogP contribution is -2.56. The average molecular weight is 476 g/mol. The first-order valence-electron chi connectivity index (χ1n) is 10.0. The van der Waals surface area contributed by atoms with Crippen molar-refractivity contribution in [2.24, 2.45) is 11.7 Å². The maximum absolute atomic E-state index is 12.5. The zero-order valence-corrected chi connectivity index (χ0v) is 18.4. The minimum absolute atomic E-state index is 0.0431. The van der Waals surface area contributed by atoms with E-state index in [0.29, 0.717) is 0 Å². The van der Waals surface area contributed by atoms with Gasteiger partial charge in [0.2, 0.25) is 29.5 Å². The van der Waals surface area contributed by atoms with Gasteiger partial charge >= 0.3 is 5.97 Å². The number of carbonyl (C=O) groups is 6. The monoisotopic (exact) mass is 476 g/mol. The molecule has 33 heavy (non-hydrogen) atoms. The van der Waals surface area contributed by atoms with Crippen molar-refractivity contribution in [1.82, 2.24) is 26.6 Å². The molecule has 188 valence electrons. The molecule has 10 N–H and O–H groups in total. The van der Waals surface area contributed by atoms with Gasteiger partial charge in [-0.1, -0.05) is 13.8 Å². The van der Waals surface area contributed by atoms with Gasteiger partial charge in [-0.2, -0.15) is 0 Å². The molecule has 3 atom stereocenters. The predicted molar refractivity (Wildman–Crippen MR) is 112 cm³/mol. The van der Waals surface area contributed by atoms with Crippen LogP contribution in [0.3, 0.4) is 0 Å². The highest BCUT2D eigenvalue weighted by Crippen LogP contribution is 2.05. The van der Waals surface area contributed by atoms with E-state index < -0.39 is 86.5 Å². The molecule has 15 heteroatoms. The van der Waals surface area contributed by atoms with Crippen LogP contribution in [-0.4, -0.2) is 102 Å². The Hall–Kier alpha value is -3.30. The molecule has 0 aromatic heterocycles. The molecular formula is C18H32N6O9. The SMILES string of the molecule is CC(C)CC(NC(=O)C(CO)NC(=O)CN)C(=O)NCC(=O)NCC(=O)NC(CO)C(=O)O. The molecule has 0 heterocycles. The van der Waals surface area contributed by atoms with Crippen LogP contribution in [0, 0.1) is 5.92 Å². The minimum atomic E-state index is -1.52. The van der Waals surface area contributed by atoms with Gasteiger partial charge in [-0.15, -0.1) is 0 Å². The second-order valence-corrected chi connectivity index (χ2v) is 7.33. The first kappa shape index (κ1) is 29.7. The Kier molecular flexibility index (Phi) is 13.9. The van der Waals surface area contributed by atoms with Gasteiger partial charge in [0.25, 0.3) is 0 Å². The second-order valence-electron chi connectivity index (χ2n) is 7.33. The number of hydrogen-bond donors (Lipinski definition) is 9. The maximum Gasteiger partial charge on any atom is 0.328 e. The summed E-state index contributed by atoms with van der Waals surface area (Å²) in [5, 5.41) is 37.9. The average Bonchev–Trinajstić information content (AvgIpc) is 2.76. The number of hydrogen-bond acceptors (Lipinski definition) is 9. The van der Waals surface area contributed by atoms with Crippen LogP contribution in [0.1, 0.15) is 20.3 Å². The number of aliphatic hydroxyl groups excluding tert-OH is 2. The topological polar surface area (TPSA) is 249 Å². The van der Waals surface area contributed by atoms with Gasteiger partial charge in [0.15, 0.2) is 0 Å². The van der Waals surface area contributed by atoms with Crippen LogP contribution in [0.5, 0.6) is 0 Å². The fourth-order valence-electron chi connectivity index (χ4n) is 2.39. The van der Waals surface area contributed by atoms with E-state index in [1.165, 1.54) is 0 Å². The molecule has 0 radical (unpaired) electrons. The normalized spacial score (nSPS) is 13.3. The third kappa shape index (κ3) is 12.4. The number of carbonyl (C=O) groups excluding carboxylic acids is 5. The third-order valence-electron chi connectivity index (χ3n) is 4.04. The molecule has 0 bridgehead atoms. The van der Waals surface area contributed by atoms with Crippen LogP contribution < -0.4 is 32.3 Å². The van der Waals surface area contributed by atoms with Crippen molar-refractivity contribution in [3.8, 4) is 0 Å². The largest absolute Gasteiger partial charge is 0.480 e. The Balaban J connectivity index is 4.78. The summed E-state index contributed by atoms with van der Waals surface area (Å²) in [4.78, 5) is 70.3. The first-order valence-corrected chi connectivity index (χ1v) is 10.0. The molecular weight excluding hydrogens is 444 g/mol. The lowest BCUT2D eigenvalue weighted by molar-refractivity contribution is -0.142. The third-order valence-corrected chi connectivity index (χ3v) is 4.04. The summed E-state index contributed by atoms with van der Waals surface area (Å²) in [6, 6.07) is -3.93. The number of aliphatic carboxylic acids is 1. The predicted octanol–water partition coefficient (Wildman–Crippen LogP) is -5.25. The summed E-state index contributed by atoms with van der Waals surface area (Å²) >= 11 is 0. The second kappa shape index (κ2) is 15.5. The summed E-state index contributed by atoms with van der Waals surface area (Å²) in [6.45, 7) is 0.473. The summed E-state index contributed by atoms with van der Waals surface area (Å²) in [5.74, 6) is -5.35. The Morgan fingerprint density at radius 2 is 1.27 bits per heavy atom. The first-order chi connectivity index (χ1) is 15.4. The van der Waals surface area contributed by atoms with E-state index in [4.69, 9.17) is 15.9 Å². The van der Waals surface area contributed by atoms with E-state index in [0.717, 1.165) is 0 Å². The van der Waals surface area contributed by atoms with Crippen molar-refractivity contribution in [3.05, 3.63) is 0 Å². The molecule has 0 aliphatic carbocycles. The lowest BCUT2D eigenvalue weighted by Gasteiger charge is -2.23. The minimum Gasteiger partial charge on any atom is -0.480 e. The fraction of sp³-hybridized carbons (Fsp3) is 0.667. The molecule has 0 spiro atoms. The van der Waals surface area contributed by atoms with Gasteiger partial charge < -0.3 is 47.6 Å². The van der Waals surface area contributed by atoms with Crippen molar-refractivity contribution in [3.63, 3.8) is 0 Å². The molecule has 0 rings (SSSR count). The summed E-state index contributed by atoms with van der Waals surface area (Å²) in [5.41, 5.74) is 5.16. The number of nitrogens with two attached hydrogens (primary N) is 1. The maximum atomic E-state index is 12.5. The number of amides is 5. The number of rotatable bonds is 15. The molecule has 0 aliphatic rings. The highest BCUT2D eigenvalue weighted by Gasteiger charge is 2.27. The molecule has 0 saturated carbocycles. The zero-order chi connectivity index (χ0) is 25.6. The van der Waals surface area contributed by atoms with Crippen LogP contribution in [-0.2, 0) is 28.8 Å². The molecule has 15 nitrogen and oxygen atoms in total. The standard InChI is InChI=1S/C18H32N6O9/c1-9(2)3-10(24-17(31)11(7-25)22-13(27)4-19)16(30)21-5-14(28)20-6-15(29)23-12(8-26)18(32)33/h9-12,25-26H,3-8,19H2,1-2H3,(H,20,28)(H,21,30)(H,22,27)(H,23,29)(H,24,31)(H,32,33). The van der Waals surface area contributed by atoms with Gasteiger partial charge in [-0.05, 0) is 12.3 Å². The van der Waals surface area contributed by atoms with Gasteiger partial charge in [0, 0.05) is 0 Å².